The van der Waals surface area contributed by atoms with Crippen molar-refractivity contribution in [1.82, 2.24) is 15.5 Å². The molecule has 1 heterocycles. The number of amides is 4. The van der Waals surface area contributed by atoms with Gasteiger partial charge in [-0.15, -0.1) is 0 Å². The molecule has 140 valence electrons. The van der Waals surface area contributed by atoms with Gasteiger partial charge in [0.15, 0.2) is 0 Å². The van der Waals surface area contributed by atoms with Crippen LogP contribution < -0.4 is 10.6 Å². The van der Waals surface area contributed by atoms with Crippen LogP contribution >= 0.6 is 11.6 Å². The lowest BCUT2D eigenvalue weighted by molar-refractivity contribution is -0.134. The number of hydrogen-bond donors (Lipinski definition) is 2. The van der Waals surface area contributed by atoms with Crippen LogP contribution in [0.2, 0.25) is 5.02 Å². The Morgan fingerprint density at radius 3 is 2.52 bits per heavy atom. The molecule has 1 unspecified atom stereocenters. The zero-order valence-corrected chi connectivity index (χ0v) is 15.2. The molecule has 0 bridgehead atoms. The highest BCUT2D eigenvalue weighted by Gasteiger charge is 2.49. The van der Waals surface area contributed by atoms with E-state index in [9.17, 15) is 18.8 Å². The summed E-state index contributed by atoms with van der Waals surface area (Å²) in [6.45, 7) is 1.07. The number of nitrogens with zero attached hydrogens (tertiary/aromatic N) is 1. The summed E-state index contributed by atoms with van der Waals surface area (Å²) in [5.74, 6) is -1.55. The van der Waals surface area contributed by atoms with Gasteiger partial charge in [-0.05, 0) is 30.7 Å². The van der Waals surface area contributed by atoms with Crippen molar-refractivity contribution in [2.24, 2.45) is 0 Å². The summed E-state index contributed by atoms with van der Waals surface area (Å²) in [4.78, 5) is 38.0. The summed E-state index contributed by atoms with van der Waals surface area (Å²) in [6, 6.07) is 11.9. The summed E-state index contributed by atoms with van der Waals surface area (Å²) in [7, 11) is 0. The molecular formula is C19H17ClFN3O3. The molecule has 1 saturated heterocycles. The van der Waals surface area contributed by atoms with Crippen LogP contribution in [-0.4, -0.2) is 29.3 Å². The van der Waals surface area contributed by atoms with Crippen molar-refractivity contribution in [1.29, 1.82) is 0 Å². The number of carbonyl (C=O) groups is 3. The monoisotopic (exact) mass is 389 g/mol. The van der Waals surface area contributed by atoms with Crippen molar-refractivity contribution in [2.75, 3.05) is 6.54 Å². The Bertz CT molecular complexity index is 903. The standard InChI is InChI=1S/C19H17ClFN3O3/c1-19(13-6-8-14(20)9-7-13)17(26)24(18(27)23-19)11-16(25)22-10-12-4-2-3-5-15(12)21/h2-9H,10-11H2,1H3,(H,22,25)(H,23,27). The molecule has 1 fully saturated rings. The summed E-state index contributed by atoms with van der Waals surface area (Å²) in [5, 5.41) is 5.62. The molecule has 0 spiro atoms. The molecule has 1 aliphatic rings. The molecule has 27 heavy (non-hydrogen) atoms. The van der Waals surface area contributed by atoms with Crippen LogP contribution in [0.3, 0.4) is 0 Å². The molecular weight excluding hydrogens is 373 g/mol. The molecule has 0 aromatic heterocycles. The molecule has 3 rings (SSSR count). The molecule has 0 aliphatic carbocycles. The number of rotatable bonds is 5. The Morgan fingerprint density at radius 2 is 1.85 bits per heavy atom. The molecule has 2 aromatic carbocycles. The Labute approximate surface area is 160 Å². The van der Waals surface area contributed by atoms with E-state index in [1.165, 1.54) is 6.07 Å². The van der Waals surface area contributed by atoms with Crippen LogP contribution in [0.5, 0.6) is 0 Å². The maximum absolute atomic E-state index is 13.6. The van der Waals surface area contributed by atoms with E-state index in [2.05, 4.69) is 10.6 Å². The number of urea groups is 1. The number of nitrogens with one attached hydrogen (secondary N) is 2. The van der Waals surface area contributed by atoms with Gasteiger partial charge in [0.05, 0.1) is 0 Å². The van der Waals surface area contributed by atoms with Gasteiger partial charge in [-0.25, -0.2) is 9.18 Å². The van der Waals surface area contributed by atoms with E-state index in [1.54, 1.807) is 49.4 Å². The van der Waals surface area contributed by atoms with Gasteiger partial charge < -0.3 is 10.6 Å². The second kappa shape index (κ2) is 7.36. The second-order valence-electron chi connectivity index (χ2n) is 6.32. The molecule has 2 N–H and O–H groups in total. The lowest BCUT2D eigenvalue weighted by Crippen LogP contribution is -2.43. The van der Waals surface area contributed by atoms with E-state index in [0.29, 0.717) is 16.1 Å². The Kier molecular flexibility index (Phi) is 5.14. The van der Waals surface area contributed by atoms with Gasteiger partial charge >= 0.3 is 6.03 Å². The van der Waals surface area contributed by atoms with Crippen molar-refractivity contribution in [3.63, 3.8) is 0 Å². The summed E-state index contributed by atoms with van der Waals surface area (Å²) in [5.41, 5.74) is -0.415. The largest absolute Gasteiger partial charge is 0.350 e. The van der Waals surface area contributed by atoms with Crippen LogP contribution in [-0.2, 0) is 21.7 Å². The molecule has 1 atom stereocenters. The van der Waals surface area contributed by atoms with Crippen molar-refractivity contribution < 1.29 is 18.8 Å². The van der Waals surface area contributed by atoms with E-state index in [-0.39, 0.29) is 6.54 Å². The van der Waals surface area contributed by atoms with Crippen LogP contribution in [0.1, 0.15) is 18.1 Å². The first kappa shape index (κ1) is 18.8. The lowest BCUT2D eigenvalue weighted by Gasteiger charge is -2.22. The fourth-order valence-corrected chi connectivity index (χ4v) is 2.98. The normalized spacial score (nSPS) is 19.1. The minimum Gasteiger partial charge on any atom is -0.350 e. The topological polar surface area (TPSA) is 78.5 Å². The van der Waals surface area contributed by atoms with Crippen LogP contribution in [0, 0.1) is 5.82 Å². The van der Waals surface area contributed by atoms with Crippen molar-refractivity contribution in [3.05, 3.63) is 70.5 Å². The first-order chi connectivity index (χ1) is 12.8. The van der Waals surface area contributed by atoms with E-state index in [0.717, 1.165) is 4.90 Å². The fraction of sp³-hybridized carbons (Fsp3) is 0.211. The third-order valence-electron chi connectivity index (χ3n) is 4.43. The quantitative estimate of drug-likeness (QED) is 0.771. The van der Waals surface area contributed by atoms with Gasteiger partial charge in [0.1, 0.15) is 17.9 Å². The number of halogens is 2. The smallest absolute Gasteiger partial charge is 0.325 e. The number of hydrogen-bond acceptors (Lipinski definition) is 3. The minimum absolute atomic E-state index is 0.0381. The summed E-state index contributed by atoms with van der Waals surface area (Å²) >= 11 is 5.86. The van der Waals surface area contributed by atoms with Gasteiger partial charge in [0.25, 0.3) is 5.91 Å². The van der Waals surface area contributed by atoms with Crippen LogP contribution in [0.25, 0.3) is 0 Å². The first-order valence-electron chi connectivity index (χ1n) is 8.21. The van der Waals surface area contributed by atoms with Gasteiger partial charge in [-0.2, -0.15) is 0 Å². The Balaban J connectivity index is 1.67. The number of benzene rings is 2. The average molecular weight is 390 g/mol. The third kappa shape index (κ3) is 3.78. The van der Waals surface area contributed by atoms with Gasteiger partial charge in [-0.1, -0.05) is 41.9 Å². The van der Waals surface area contributed by atoms with Gasteiger partial charge in [0, 0.05) is 17.1 Å². The van der Waals surface area contributed by atoms with Crippen LogP contribution in [0.15, 0.2) is 48.5 Å². The van der Waals surface area contributed by atoms with Crippen LogP contribution in [0.4, 0.5) is 9.18 Å². The highest BCUT2D eigenvalue weighted by Crippen LogP contribution is 2.29. The Hall–Kier alpha value is -2.93. The predicted octanol–water partition coefficient (Wildman–Crippen LogP) is 2.56. The maximum atomic E-state index is 13.6. The SMILES string of the molecule is CC1(c2ccc(Cl)cc2)NC(=O)N(CC(=O)NCc2ccccc2F)C1=O. The molecule has 4 amide bonds. The first-order valence-corrected chi connectivity index (χ1v) is 8.59. The molecule has 2 aromatic rings. The molecule has 1 aliphatic heterocycles. The third-order valence-corrected chi connectivity index (χ3v) is 4.68. The number of carbonyl (C=O) groups excluding carboxylic acids is 3. The highest BCUT2D eigenvalue weighted by molar-refractivity contribution is 6.30. The van der Waals surface area contributed by atoms with Crippen molar-refractivity contribution >= 4 is 29.4 Å². The predicted molar refractivity (Wildman–Crippen MR) is 97.3 cm³/mol. The van der Waals surface area contributed by atoms with E-state index in [1.807, 2.05) is 0 Å². The second-order valence-corrected chi connectivity index (χ2v) is 6.76. The van der Waals surface area contributed by atoms with E-state index in [4.69, 9.17) is 11.6 Å². The van der Waals surface area contributed by atoms with E-state index < -0.39 is 35.7 Å². The van der Waals surface area contributed by atoms with E-state index >= 15 is 0 Å². The molecule has 0 radical (unpaired) electrons. The maximum Gasteiger partial charge on any atom is 0.325 e. The minimum atomic E-state index is -1.28. The molecule has 8 heteroatoms. The Morgan fingerprint density at radius 1 is 1.19 bits per heavy atom. The fourth-order valence-electron chi connectivity index (χ4n) is 2.85. The lowest BCUT2D eigenvalue weighted by atomic mass is 9.92. The highest BCUT2D eigenvalue weighted by atomic mass is 35.5. The average Bonchev–Trinajstić information content (AvgIpc) is 2.85. The zero-order valence-electron chi connectivity index (χ0n) is 14.5. The van der Waals surface area contributed by atoms with Gasteiger partial charge in [0.2, 0.25) is 5.91 Å². The number of imide groups is 1. The zero-order chi connectivity index (χ0) is 19.6. The van der Waals surface area contributed by atoms with Crippen molar-refractivity contribution in [3.8, 4) is 0 Å². The van der Waals surface area contributed by atoms with Gasteiger partial charge in [-0.3, -0.25) is 14.5 Å². The summed E-state index contributed by atoms with van der Waals surface area (Å²) < 4.78 is 13.6. The summed E-state index contributed by atoms with van der Waals surface area (Å²) in [6.07, 6.45) is 0. The molecule has 0 saturated carbocycles. The van der Waals surface area contributed by atoms with Crippen molar-refractivity contribution in [2.45, 2.75) is 19.0 Å². The molecule has 6 nitrogen and oxygen atoms in total.